The summed E-state index contributed by atoms with van der Waals surface area (Å²) in [5.74, 6) is -1.63. The number of carbonyl (C=O) groups is 2. The molecular weight excluding hydrogens is 281 g/mol. The Bertz CT molecular complexity index is 511. The third-order valence-corrected chi connectivity index (χ3v) is 2.79. The summed E-state index contributed by atoms with van der Waals surface area (Å²) >= 11 is 3.56. The number of rotatable bonds is 2. The number of benzene rings is 1. The highest BCUT2D eigenvalue weighted by Gasteiger charge is 2.37. The van der Waals surface area contributed by atoms with Gasteiger partial charge in [-0.05, 0) is 18.1 Å². The normalized spacial score (nSPS) is 16.2. The topological polar surface area (TPSA) is 95.9 Å². The number of carboxylic acids is 1. The van der Waals surface area contributed by atoms with Crippen molar-refractivity contribution >= 4 is 31.0 Å². The largest absolute Gasteiger partial charge is 0.547 e. The fourth-order valence-corrected chi connectivity index (χ4v) is 2.04. The summed E-state index contributed by atoms with van der Waals surface area (Å²) in [6.45, 7) is 4.00. The molecule has 0 bridgehead atoms. The van der Waals surface area contributed by atoms with Crippen LogP contribution in [0.5, 0.6) is 5.75 Å². The number of amides is 1. The number of para-hydroxylation sites is 1. The molecule has 2 rings (SSSR count). The lowest BCUT2D eigenvalue weighted by atomic mass is 9.72. The third kappa shape index (κ3) is 3.67. The molecule has 0 fully saturated rings. The minimum absolute atomic E-state index is 0.0119. The maximum atomic E-state index is 11.0. The van der Waals surface area contributed by atoms with E-state index in [2.05, 4.69) is 17.9 Å². The molecule has 1 aliphatic heterocycles. The van der Waals surface area contributed by atoms with E-state index in [9.17, 15) is 14.6 Å². The molecule has 6 nitrogen and oxygen atoms in total. The molecule has 0 spiro atoms. The molecule has 1 heterocycles. The van der Waals surface area contributed by atoms with Gasteiger partial charge in [0.05, 0.1) is 11.5 Å². The summed E-state index contributed by atoms with van der Waals surface area (Å²) in [7, 11) is -1.30. The number of nitrogens with one attached hydrogen (secondary N) is 1. The molecule has 0 aliphatic carbocycles. The van der Waals surface area contributed by atoms with Gasteiger partial charge in [-0.25, -0.2) is 4.79 Å². The van der Waals surface area contributed by atoms with E-state index in [1.165, 1.54) is 6.07 Å². The van der Waals surface area contributed by atoms with Gasteiger partial charge in [-0.2, -0.15) is 0 Å². The fourth-order valence-electron chi connectivity index (χ4n) is 1.87. The van der Waals surface area contributed by atoms with Gasteiger partial charge in [0.25, 0.3) is 5.24 Å². The Hall–Kier alpha value is -1.67. The van der Waals surface area contributed by atoms with Crippen molar-refractivity contribution in [2.45, 2.75) is 26.2 Å². The minimum atomic E-state index is -1.30. The smallest absolute Gasteiger partial charge is 0.534 e. The molecule has 8 heteroatoms. The average molecular weight is 297 g/mol. The molecule has 0 radical (unpaired) electrons. The standard InChI is InChI=1S/C10H10BNO5S.C2H6/c13-9(14)6-3-1-2-5-4-7(12-10(15)18)11(16)17-8(5)6;1-2/h1-3,7,16H,4H2,(H,13,14)(H2,12,15,18);1-2H3. The molecule has 0 aromatic heterocycles. The second kappa shape index (κ2) is 7.21. The van der Waals surface area contributed by atoms with Crippen molar-refractivity contribution in [1.82, 2.24) is 5.32 Å². The highest BCUT2D eigenvalue weighted by molar-refractivity contribution is 7.96. The number of hydrogen-bond acceptors (Lipinski definition) is 4. The van der Waals surface area contributed by atoms with Crippen molar-refractivity contribution in [2.75, 3.05) is 0 Å². The van der Waals surface area contributed by atoms with E-state index in [1.54, 1.807) is 12.1 Å². The van der Waals surface area contributed by atoms with Crippen molar-refractivity contribution in [3.63, 3.8) is 0 Å². The van der Waals surface area contributed by atoms with Crippen molar-refractivity contribution in [3.8, 4) is 5.75 Å². The number of carboxylic acid groups (broad SMARTS) is 1. The molecule has 0 saturated heterocycles. The summed E-state index contributed by atoms with van der Waals surface area (Å²) in [5, 5.41) is 20.5. The maximum Gasteiger partial charge on any atom is 0.547 e. The van der Waals surface area contributed by atoms with Crippen LogP contribution in [-0.4, -0.2) is 34.4 Å². The fraction of sp³-hybridized carbons (Fsp3) is 0.333. The Kier molecular flexibility index (Phi) is 5.91. The first kappa shape index (κ1) is 16.4. The monoisotopic (exact) mass is 297 g/mol. The van der Waals surface area contributed by atoms with E-state index < -0.39 is 24.3 Å². The van der Waals surface area contributed by atoms with Crippen LogP contribution in [0.2, 0.25) is 0 Å². The van der Waals surface area contributed by atoms with Crippen LogP contribution in [0.4, 0.5) is 4.79 Å². The number of fused-ring (bicyclic) bond motifs is 1. The molecular formula is C12H16BNO5S. The second-order valence-corrected chi connectivity index (χ2v) is 4.27. The van der Waals surface area contributed by atoms with Gasteiger partial charge in [-0.15, -0.1) is 0 Å². The highest BCUT2D eigenvalue weighted by Crippen LogP contribution is 2.30. The third-order valence-electron chi connectivity index (χ3n) is 2.66. The van der Waals surface area contributed by atoms with Crippen LogP contribution in [0, 0.1) is 0 Å². The van der Waals surface area contributed by atoms with Crippen LogP contribution in [0.15, 0.2) is 18.2 Å². The first-order valence-corrected chi connectivity index (χ1v) is 6.63. The van der Waals surface area contributed by atoms with Crippen LogP contribution in [0.3, 0.4) is 0 Å². The SMILES string of the molecule is CC.O=C(S)NC1Cc2cccc(C(=O)O)c2OB1O. The Balaban J connectivity index is 0.000000956. The van der Waals surface area contributed by atoms with Crippen molar-refractivity contribution in [2.24, 2.45) is 0 Å². The van der Waals surface area contributed by atoms with E-state index in [0.29, 0.717) is 5.56 Å². The van der Waals surface area contributed by atoms with Crippen LogP contribution < -0.4 is 9.97 Å². The molecule has 108 valence electrons. The summed E-state index contributed by atoms with van der Waals surface area (Å²) in [4.78, 5) is 21.8. The van der Waals surface area contributed by atoms with Crippen LogP contribution >= 0.6 is 12.6 Å². The van der Waals surface area contributed by atoms with Gasteiger partial charge in [0.15, 0.2) is 0 Å². The van der Waals surface area contributed by atoms with Crippen molar-refractivity contribution in [3.05, 3.63) is 29.3 Å². The quantitative estimate of drug-likeness (QED) is 0.488. The van der Waals surface area contributed by atoms with Gasteiger partial charge in [-0.1, -0.05) is 38.6 Å². The van der Waals surface area contributed by atoms with Crippen LogP contribution in [-0.2, 0) is 6.42 Å². The molecule has 20 heavy (non-hydrogen) atoms. The molecule has 1 aliphatic rings. The molecule has 1 atom stereocenters. The van der Waals surface area contributed by atoms with Crippen LogP contribution in [0.1, 0.15) is 29.8 Å². The summed E-state index contributed by atoms with van der Waals surface area (Å²) < 4.78 is 5.16. The van der Waals surface area contributed by atoms with Gasteiger partial charge >= 0.3 is 13.1 Å². The van der Waals surface area contributed by atoms with E-state index in [-0.39, 0.29) is 17.7 Å². The first-order valence-electron chi connectivity index (χ1n) is 6.18. The molecule has 1 unspecified atom stereocenters. The molecule has 3 N–H and O–H groups in total. The van der Waals surface area contributed by atoms with E-state index in [1.807, 2.05) is 13.8 Å². The molecule has 1 amide bonds. The average Bonchev–Trinajstić information content (AvgIpc) is 2.40. The number of carbonyl (C=O) groups excluding carboxylic acids is 1. The summed E-state index contributed by atoms with van der Waals surface area (Å²) in [5.41, 5.74) is 0.606. The predicted octanol–water partition coefficient (Wildman–Crippen LogP) is 1.37. The van der Waals surface area contributed by atoms with Crippen molar-refractivity contribution < 1.29 is 24.4 Å². The maximum absolute atomic E-state index is 11.0. The second-order valence-electron chi connectivity index (χ2n) is 3.87. The molecule has 1 aromatic rings. The number of thiol groups is 1. The Morgan fingerprint density at radius 3 is 2.65 bits per heavy atom. The Labute approximate surface area is 122 Å². The number of aromatic carboxylic acids is 1. The van der Waals surface area contributed by atoms with Gasteiger partial charge in [0, 0.05) is 0 Å². The van der Waals surface area contributed by atoms with E-state index in [0.717, 1.165) is 0 Å². The lowest BCUT2D eigenvalue weighted by molar-refractivity contribution is 0.0694. The molecule has 0 saturated carbocycles. The highest BCUT2D eigenvalue weighted by atomic mass is 32.1. The zero-order valence-electron chi connectivity index (χ0n) is 11.2. The van der Waals surface area contributed by atoms with Gasteiger partial charge in [-0.3, -0.25) is 4.79 Å². The zero-order valence-corrected chi connectivity index (χ0v) is 12.1. The number of hydrogen-bond donors (Lipinski definition) is 4. The van der Waals surface area contributed by atoms with Crippen molar-refractivity contribution in [1.29, 1.82) is 0 Å². The summed E-state index contributed by atoms with van der Waals surface area (Å²) in [6, 6.07) is 4.67. The van der Waals surface area contributed by atoms with Gasteiger partial charge < -0.3 is 20.1 Å². The van der Waals surface area contributed by atoms with Gasteiger partial charge in [0.2, 0.25) is 0 Å². The lowest BCUT2D eigenvalue weighted by Gasteiger charge is -2.28. The lowest BCUT2D eigenvalue weighted by Crippen LogP contribution is -2.52. The van der Waals surface area contributed by atoms with E-state index >= 15 is 0 Å². The summed E-state index contributed by atoms with van der Waals surface area (Å²) in [6.07, 6.45) is 0.282. The predicted molar refractivity (Wildman–Crippen MR) is 78.4 cm³/mol. The first-order chi connectivity index (χ1) is 9.49. The van der Waals surface area contributed by atoms with Crippen LogP contribution in [0.25, 0.3) is 0 Å². The zero-order chi connectivity index (χ0) is 15.3. The van der Waals surface area contributed by atoms with Gasteiger partial charge in [0.1, 0.15) is 5.75 Å². The Morgan fingerprint density at radius 2 is 2.10 bits per heavy atom. The minimum Gasteiger partial charge on any atom is -0.534 e. The Morgan fingerprint density at radius 1 is 1.45 bits per heavy atom. The van der Waals surface area contributed by atoms with E-state index in [4.69, 9.17) is 9.76 Å². The molecule has 1 aromatic carbocycles.